The Balaban J connectivity index is 2.72. The Morgan fingerprint density at radius 1 is 1.75 bits per heavy atom. The molecule has 0 aliphatic heterocycles. The number of hydrogen-bond acceptors (Lipinski definition) is 4. The fourth-order valence-corrected chi connectivity index (χ4v) is 1.01. The molecule has 1 heterocycles. The molecule has 0 amide bonds. The van der Waals surface area contributed by atoms with E-state index >= 15 is 0 Å². The lowest BCUT2D eigenvalue weighted by molar-refractivity contribution is 0.310. The smallest absolute Gasteiger partial charge is 0.147 e. The third kappa shape index (κ3) is 1.68. The van der Waals surface area contributed by atoms with Gasteiger partial charge in [-0.25, -0.2) is 4.68 Å². The van der Waals surface area contributed by atoms with Crippen LogP contribution in [-0.4, -0.2) is 28.0 Å². The van der Waals surface area contributed by atoms with E-state index in [-0.39, 0.29) is 6.61 Å². The summed E-state index contributed by atoms with van der Waals surface area (Å²) in [7, 11) is 0. The molecule has 0 saturated heterocycles. The van der Waals surface area contributed by atoms with E-state index in [9.17, 15) is 0 Å². The van der Waals surface area contributed by atoms with Crippen molar-refractivity contribution in [3.05, 3.63) is 6.20 Å². The van der Waals surface area contributed by atoms with Crippen molar-refractivity contribution in [1.82, 2.24) is 9.78 Å². The molecule has 0 aromatic carbocycles. The molecule has 0 aliphatic rings. The maximum absolute atomic E-state index is 8.59. The Bertz CT molecular complexity index is 246. The standard InChI is InChI=1S/C7H14N4O/c1-2-11-7(9-3-4-12)6(8)5-10-11/h5,9,12H,2-4,8H2,1H3. The molecule has 0 bridgehead atoms. The number of nitrogen functional groups attached to an aromatic ring is 1. The van der Waals surface area contributed by atoms with E-state index in [0.717, 1.165) is 12.4 Å². The average Bonchev–Trinajstić information content (AvgIpc) is 2.43. The van der Waals surface area contributed by atoms with E-state index in [1.807, 2.05) is 6.92 Å². The van der Waals surface area contributed by atoms with E-state index < -0.39 is 0 Å². The maximum atomic E-state index is 8.59. The molecule has 5 heteroatoms. The minimum absolute atomic E-state index is 0.0916. The summed E-state index contributed by atoms with van der Waals surface area (Å²) in [4.78, 5) is 0. The molecule has 68 valence electrons. The summed E-state index contributed by atoms with van der Waals surface area (Å²) >= 11 is 0. The van der Waals surface area contributed by atoms with E-state index in [4.69, 9.17) is 10.8 Å². The van der Waals surface area contributed by atoms with Crippen LogP contribution < -0.4 is 11.1 Å². The maximum Gasteiger partial charge on any atom is 0.147 e. The number of nitrogens with one attached hydrogen (secondary N) is 1. The summed E-state index contributed by atoms with van der Waals surface area (Å²) in [5.74, 6) is 0.784. The molecular weight excluding hydrogens is 156 g/mol. The summed E-state index contributed by atoms with van der Waals surface area (Å²) in [5.41, 5.74) is 6.25. The van der Waals surface area contributed by atoms with Gasteiger partial charge in [0.1, 0.15) is 5.82 Å². The van der Waals surface area contributed by atoms with Gasteiger partial charge in [-0.3, -0.25) is 0 Å². The van der Waals surface area contributed by atoms with Gasteiger partial charge in [-0.05, 0) is 6.92 Å². The van der Waals surface area contributed by atoms with Gasteiger partial charge >= 0.3 is 0 Å². The van der Waals surface area contributed by atoms with Crippen LogP contribution in [0.1, 0.15) is 6.92 Å². The number of nitrogens with zero attached hydrogens (tertiary/aromatic N) is 2. The molecule has 12 heavy (non-hydrogen) atoms. The summed E-state index contributed by atoms with van der Waals surface area (Å²) in [6.45, 7) is 3.34. The molecule has 0 unspecified atom stereocenters. The highest BCUT2D eigenvalue weighted by atomic mass is 16.3. The first-order chi connectivity index (χ1) is 5.79. The lowest BCUT2D eigenvalue weighted by atomic mass is 10.5. The van der Waals surface area contributed by atoms with Gasteiger partial charge in [0.2, 0.25) is 0 Å². The second kappa shape index (κ2) is 3.96. The van der Waals surface area contributed by atoms with Gasteiger partial charge in [0, 0.05) is 13.1 Å². The monoisotopic (exact) mass is 170 g/mol. The van der Waals surface area contributed by atoms with Gasteiger partial charge in [-0.2, -0.15) is 5.10 Å². The normalized spacial score (nSPS) is 10.2. The minimum atomic E-state index is 0.0916. The number of aliphatic hydroxyl groups excluding tert-OH is 1. The number of aliphatic hydroxyl groups is 1. The van der Waals surface area contributed by atoms with Crippen LogP contribution in [0.25, 0.3) is 0 Å². The molecule has 0 spiro atoms. The number of aromatic nitrogens is 2. The molecule has 1 rings (SSSR count). The fourth-order valence-electron chi connectivity index (χ4n) is 1.01. The lowest BCUT2D eigenvalue weighted by Crippen LogP contribution is -2.11. The summed E-state index contributed by atoms with van der Waals surface area (Å²) in [6, 6.07) is 0. The number of aryl methyl sites for hydroxylation is 1. The minimum Gasteiger partial charge on any atom is -0.395 e. The average molecular weight is 170 g/mol. The molecule has 0 saturated carbocycles. The van der Waals surface area contributed by atoms with E-state index in [1.54, 1.807) is 10.9 Å². The summed E-state index contributed by atoms with van der Waals surface area (Å²) in [6.07, 6.45) is 1.60. The molecule has 0 atom stereocenters. The van der Waals surface area contributed by atoms with Crippen LogP contribution in [-0.2, 0) is 6.54 Å². The van der Waals surface area contributed by atoms with Gasteiger partial charge in [0.05, 0.1) is 18.5 Å². The molecule has 0 fully saturated rings. The summed E-state index contributed by atoms with van der Waals surface area (Å²) in [5, 5.41) is 15.6. The second-order valence-electron chi connectivity index (χ2n) is 2.41. The van der Waals surface area contributed by atoms with Crippen LogP contribution in [0.15, 0.2) is 6.20 Å². The van der Waals surface area contributed by atoms with E-state index in [0.29, 0.717) is 12.2 Å². The van der Waals surface area contributed by atoms with Gasteiger partial charge in [0.25, 0.3) is 0 Å². The van der Waals surface area contributed by atoms with Crippen molar-refractivity contribution in [1.29, 1.82) is 0 Å². The number of nitrogens with two attached hydrogens (primary N) is 1. The number of rotatable bonds is 4. The van der Waals surface area contributed by atoms with E-state index in [2.05, 4.69) is 10.4 Å². The van der Waals surface area contributed by atoms with Crippen molar-refractivity contribution in [3.63, 3.8) is 0 Å². The molecular formula is C7H14N4O. The highest BCUT2D eigenvalue weighted by molar-refractivity contribution is 5.60. The Morgan fingerprint density at radius 2 is 2.50 bits per heavy atom. The van der Waals surface area contributed by atoms with Crippen molar-refractivity contribution in [2.24, 2.45) is 0 Å². The predicted molar refractivity (Wildman–Crippen MR) is 47.9 cm³/mol. The third-order valence-electron chi connectivity index (χ3n) is 1.57. The molecule has 0 radical (unpaired) electrons. The zero-order valence-electron chi connectivity index (χ0n) is 7.12. The van der Waals surface area contributed by atoms with Gasteiger partial charge in [0.15, 0.2) is 0 Å². The van der Waals surface area contributed by atoms with Crippen LogP contribution >= 0.6 is 0 Å². The predicted octanol–water partition coefficient (Wildman–Crippen LogP) is -0.111. The van der Waals surface area contributed by atoms with Crippen LogP contribution in [0, 0.1) is 0 Å². The highest BCUT2D eigenvalue weighted by Crippen LogP contribution is 2.16. The number of anilines is 2. The lowest BCUT2D eigenvalue weighted by Gasteiger charge is -2.06. The first-order valence-electron chi connectivity index (χ1n) is 3.95. The van der Waals surface area contributed by atoms with Crippen molar-refractivity contribution in [2.75, 3.05) is 24.2 Å². The Labute approximate surface area is 71.2 Å². The fraction of sp³-hybridized carbons (Fsp3) is 0.571. The van der Waals surface area contributed by atoms with Crippen LogP contribution in [0.2, 0.25) is 0 Å². The third-order valence-corrected chi connectivity index (χ3v) is 1.57. The van der Waals surface area contributed by atoms with Gasteiger partial charge in [-0.15, -0.1) is 0 Å². The molecule has 5 nitrogen and oxygen atoms in total. The van der Waals surface area contributed by atoms with Crippen molar-refractivity contribution in [2.45, 2.75) is 13.5 Å². The van der Waals surface area contributed by atoms with Crippen molar-refractivity contribution in [3.8, 4) is 0 Å². The van der Waals surface area contributed by atoms with Gasteiger partial charge in [-0.1, -0.05) is 0 Å². The van der Waals surface area contributed by atoms with Crippen LogP contribution in [0.5, 0.6) is 0 Å². The van der Waals surface area contributed by atoms with Crippen molar-refractivity contribution < 1.29 is 5.11 Å². The SMILES string of the molecule is CCn1ncc(N)c1NCCO. The summed E-state index contributed by atoms with van der Waals surface area (Å²) < 4.78 is 1.75. The molecule has 1 aromatic heterocycles. The molecule has 0 aliphatic carbocycles. The van der Waals surface area contributed by atoms with Crippen LogP contribution in [0.3, 0.4) is 0 Å². The van der Waals surface area contributed by atoms with Crippen molar-refractivity contribution >= 4 is 11.5 Å². The molecule has 4 N–H and O–H groups in total. The zero-order chi connectivity index (χ0) is 8.97. The van der Waals surface area contributed by atoms with E-state index in [1.165, 1.54) is 0 Å². The second-order valence-corrected chi connectivity index (χ2v) is 2.41. The Hall–Kier alpha value is -1.23. The van der Waals surface area contributed by atoms with Gasteiger partial charge < -0.3 is 16.2 Å². The zero-order valence-corrected chi connectivity index (χ0v) is 7.12. The first-order valence-corrected chi connectivity index (χ1v) is 3.95. The Morgan fingerprint density at radius 3 is 3.08 bits per heavy atom. The first kappa shape index (κ1) is 8.86. The quantitative estimate of drug-likeness (QED) is 0.589. The topological polar surface area (TPSA) is 76.1 Å². The largest absolute Gasteiger partial charge is 0.395 e. The molecule has 1 aromatic rings. The highest BCUT2D eigenvalue weighted by Gasteiger charge is 2.04. The Kier molecular flexibility index (Phi) is 2.93. The number of hydrogen-bond donors (Lipinski definition) is 3. The van der Waals surface area contributed by atoms with Crippen LogP contribution in [0.4, 0.5) is 11.5 Å².